The molecule has 1 amide bonds. The van der Waals surface area contributed by atoms with Crippen molar-refractivity contribution in [1.29, 1.82) is 0 Å². The van der Waals surface area contributed by atoms with Gasteiger partial charge < -0.3 is 0 Å². The van der Waals surface area contributed by atoms with Crippen molar-refractivity contribution in [3.63, 3.8) is 0 Å². The second-order valence-electron chi connectivity index (χ2n) is 2.11. The first kappa shape index (κ1) is 7.74. The lowest BCUT2D eigenvalue weighted by Gasteiger charge is -1.89. The molecule has 0 aromatic carbocycles. The highest BCUT2D eigenvalue weighted by Crippen LogP contribution is 1.98. The fourth-order valence-electron chi connectivity index (χ4n) is 0.733. The third-order valence-electron chi connectivity index (χ3n) is 1.38. The number of hydrogen-bond donors (Lipinski definition) is 3. The van der Waals surface area contributed by atoms with Crippen molar-refractivity contribution >= 4 is 5.91 Å². The smallest absolute Gasteiger partial charge is 0.285 e. The number of nitrogen functional groups attached to an aromatic ring is 1. The molecule has 0 fully saturated rings. The first-order chi connectivity index (χ1) is 5.27. The van der Waals surface area contributed by atoms with E-state index in [-0.39, 0.29) is 5.91 Å². The van der Waals surface area contributed by atoms with Crippen molar-refractivity contribution in [2.45, 2.75) is 13.3 Å². The first-order valence-corrected chi connectivity index (χ1v) is 3.33. The van der Waals surface area contributed by atoms with Crippen LogP contribution in [0.3, 0.4) is 0 Å². The molecule has 0 atom stereocenters. The van der Waals surface area contributed by atoms with Gasteiger partial charge in [0, 0.05) is 5.69 Å². The minimum absolute atomic E-state index is 0.323. The van der Waals surface area contributed by atoms with Gasteiger partial charge >= 0.3 is 0 Å². The van der Waals surface area contributed by atoms with Crippen molar-refractivity contribution in [2.75, 3.05) is 0 Å². The Morgan fingerprint density at radius 1 is 1.91 bits per heavy atom. The standard InChI is InChI=1S/C6H10N4O/c1-2-4-3-5(10-9-4)6(11)8-7/h3H,2,7H2,1H3,(H,8,11)(H,9,10). The van der Waals surface area contributed by atoms with E-state index in [0.29, 0.717) is 5.69 Å². The molecule has 5 nitrogen and oxygen atoms in total. The number of H-pyrrole nitrogens is 1. The summed E-state index contributed by atoms with van der Waals surface area (Å²) in [5.41, 5.74) is 3.24. The lowest BCUT2D eigenvalue weighted by atomic mass is 10.3. The van der Waals surface area contributed by atoms with E-state index in [1.54, 1.807) is 6.07 Å². The van der Waals surface area contributed by atoms with Crippen molar-refractivity contribution in [3.05, 3.63) is 17.5 Å². The second-order valence-corrected chi connectivity index (χ2v) is 2.11. The average Bonchev–Trinajstić information content (AvgIpc) is 2.50. The maximum absolute atomic E-state index is 10.8. The largest absolute Gasteiger partial charge is 0.289 e. The minimum Gasteiger partial charge on any atom is -0.289 e. The van der Waals surface area contributed by atoms with Gasteiger partial charge in [0.05, 0.1) is 0 Å². The van der Waals surface area contributed by atoms with E-state index in [4.69, 9.17) is 5.84 Å². The van der Waals surface area contributed by atoms with Gasteiger partial charge in [-0.1, -0.05) is 6.92 Å². The van der Waals surface area contributed by atoms with Crippen LogP contribution in [0.1, 0.15) is 23.1 Å². The van der Waals surface area contributed by atoms with Crippen LogP contribution in [-0.2, 0) is 6.42 Å². The summed E-state index contributed by atoms with van der Waals surface area (Å²) < 4.78 is 0. The zero-order chi connectivity index (χ0) is 8.27. The molecule has 1 aromatic rings. The topological polar surface area (TPSA) is 83.8 Å². The molecule has 0 spiro atoms. The predicted molar refractivity (Wildman–Crippen MR) is 39.6 cm³/mol. The van der Waals surface area contributed by atoms with Gasteiger partial charge in [0.1, 0.15) is 0 Å². The SMILES string of the molecule is CCc1cc(C(=O)NN)n[nH]1. The summed E-state index contributed by atoms with van der Waals surface area (Å²) in [6, 6.07) is 1.67. The van der Waals surface area contributed by atoms with E-state index in [0.717, 1.165) is 12.1 Å². The normalized spacial score (nSPS) is 9.64. The zero-order valence-corrected chi connectivity index (χ0v) is 6.22. The number of nitrogens with zero attached hydrogens (tertiary/aromatic N) is 1. The van der Waals surface area contributed by atoms with Crippen LogP contribution >= 0.6 is 0 Å². The Bertz CT molecular complexity index is 255. The lowest BCUT2D eigenvalue weighted by molar-refractivity contribution is 0.0948. The Morgan fingerprint density at radius 3 is 3.09 bits per heavy atom. The van der Waals surface area contributed by atoms with Gasteiger partial charge in [0.25, 0.3) is 5.91 Å². The van der Waals surface area contributed by atoms with Gasteiger partial charge in [-0.15, -0.1) is 0 Å². The maximum atomic E-state index is 10.8. The molecule has 60 valence electrons. The van der Waals surface area contributed by atoms with Crippen molar-refractivity contribution in [3.8, 4) is 0 Å². The summed E-state index contributed by atoms with van der Waals surface area (Å²) in [7, 11) is 0. The molecular weight excluding hydrogens is 144 g/mol. The number of hydrogen-bond acceptors (Lipinski definition) is 3. The molecule has 0 unspecified atom stereocenters. The molecule has 0 saturated heterocycles. The van der Waals surface area contributed by atoms with Crippen LogP contribution < -0.4 is 11.3 Å². The van der Waals surface area contributed by atoms with E-state index in [1.165, 1.54) is 0 Å². The number of aromatic amines is 1. The summed E-state index contributed by atoms with van der Waals surface area (Å²) in [5, 5.41) is 6.44. The van der Waals surface area contributed by atoms with Crippen molar-refractivity contribution in [1.82, 2.24) is 15.6 Å². The molecule has 0 radical (unpaired) electrons. The van der Waals surface area contributed by atoms with E-state index >= 15 is 0 Å². The third-order valence-corrected chi connectivity index (χ3v) is 1.38. The fourth-order valence-corrected chi connectivity index (χ4v) is 0.733. The van der Waals surface area contributed by atoms with Crippen molar-refractivity contribution < 1.29 is 4.79 Å². The lowest BCUT2D eigenvalue weighted by Crippen LogP contribution is -2.30. The molecule has 4 N–H and O–H groups in total. The molecule has 1 aromatic heterocycles. The van der Waals surface area contributed by atoms with E-state index in [2.05, 4.69) is 10.2 Å². The van der Waals surface area contributed by atoms with E-state index in [1.807, 2.05) is 12.3 Å². The summed E-state index contributed by atoms with van der Waals surface area (Å²) in [5.74, 6) is 4.53. The molecule has 5 heteroatoms. The van der Waals surface area contributed by atoms with Crippen LogP contribution in [0, 0.1) is 0 Å². The number of amides is 1. The van der Waals surface area contributed by atoms with E-state index in [9.17, 15) is 4.79 Å². The molecular formula is C6H10N4O. The number of nitrogens with two attached hydrogens (primary N) is 1. The number of carbonyl (C=O) groups excluding carboxylic acids is 1. The van der Waals surface area contributed by atoms with Crippen LogP contribution in [0.15, 0.2) is 6.07 Å². The van der Waals surface area contributed by atoms with Crippen LogP contribution in [0.25, 0.3) is 0 Å². The Hall–Kier alpha value is -1.36. The fraction of sp³-hybridized carbons (Fsp3) is 0.333. The van der Waals surface area contributed by atoms with Gasteiger partial charge in [0.2, 0.25) is 0 Å². The van der Waals surface area contributed by atoms with Crippen LogP contribution in [0.4, 0.5) is 0 Å². The number of hydrazine groups is 1. The van der Waals surface area contributed by atoms with E-state index < -0.39 is 0 Å². The van der Waals surface area contributed by atoms with Gasteiger partial charge in [0.15, 0.2) is 5.69 Å². The third kappa shape index (κ3) is 1.56. The highest BCUT2D eigenvalue weighted by molar-refractivity contribution is 5.91. The van der Waals surface area contributed by atoms with Gasteiger partial charge in [-0.3, -0.25) is 15.3 Å². The Balaban J connectivity index is 2.80. The highest BCUT2D eigenvalue weighted by Gasteiger charge is 2.06. The Kier molecular flexibility index (Phi) is 2.22. The molecule has 1 heterocycles. The summed E-state index contributed by atoms with van der Waals surface area (Å²) >= 11 is 0. The number of aryl methyl sites for hydroxylation is 1. The average molecular weight is 154 g/mol. The maximum Gasteiger partial charge on any atom is 0.285 e. The Morgan fingerprint density at radius 2 is 2.64 bits per heavy atom. The first-order valence-electron chi connectivity index (χ1n) is 3.33. The summed E-state index contributed by atoms with van der Waals surface area (Å²) in [6.07, 6.45) is 0.824. The van der Waals surface area contributed by atoms with Gasteiger partial charge in [-0.25, -0.2) is 5.84 Å². The van der Waals surface area contributed by atoms with Crippen LogP contribution in [0.2, 0.25) is 0 Å². The predicted octanol–water partition coefficient (Wildman–Crippen LogP) is -0.424. The van der Waals surface area contributed by atoms with Crippen LogP contribution in [-0.4, -0.2) is 16.1 Å². The van der Waals surface area contributed by atoms with Crippen LogP contribution in [0.5, 0.6) is 0 Å². The Labute approximate surface area is 63.9 Å². The number of nitrogens with one attached hydrogen (secondary N) is 2. The van der Waals surface area contributed by atoms with Gasteiger partial charge in [-0.05, 0) is 12.5 Å². The molecule has 0 aliphatic carbocycles. The quantitative estimate of drug-likeness (QED) is 0.307. The molecule has 0 bridgehead atoms. The van der Waals surface area contributed by atoms with Gasteiger partial charge in [-0.2, -0.15) is 5.10 Å². The van der Waals surface area contributed by atoms with Crippen molar-refractivity contribution in [2.24, 2.45) is 5.84 Å². The molecule has 0 saturated carbocycles. The molecule has 1 rings (SSSR count). The zero-order valence-electron chi connectivity index (χ0n) is 6.22. The minimum atomic E-state index is -0.374. The molecule has 0 aliphatic rings. The summed E-state index contributed by atoms with van der Waals surface area (Å²) in [4.78, 5) is 10.8. The molecule has 11 heavy (non-hydrogen) atoms. The number of rotatable bonds is 2. The number of aromatic nitrogens is 2. The number of carbonyl (C=O) groups is 1. The highest BCUT2D eigenvalue weighted by atomic mass is 16.2. The summed E-state index contributed by atoms with van der Waals surface area (Å²) in [6.45, 7) is 1.97. The monoisotopic (exact) mass is 154 g/mol. The second kappa shape index (κ2) is 3.16. The molecule has 0 aliphatic heterocycles.